The predicted molar refractivity (Wildman–Crippen MR) is 99.6 cm³/mol. The molecule has 0 radical (unpaired) electrons. The molecule has 1 N–H and O–H groups in total. The lowest BCUT2D eigenvalue weighted by atomic mass is 9.82. The van der Waals surface area contributed by atoms with Crippen LogP contribution in [0.2, 0.25) is 0 Å². The lowest BCUT2D eigenvalue weighted by Gasteiger charge is -2.28. The fourth-order valence-corrected chi connectivity index (χ4v) is 3.22. The third-order valence-corrected chi connectivity index (χ3v) is 5.05. The minimum absolute atomic E-state index is 0.0359. The van der Waals surface area contributed by atoms with Gasteiger partial charge in [0.05, 0.1) is 0 Å². The first-order valence-electron chi connectivity index (χ1n) is 9.43. The molecule has 1 aliphatic rings. The van der Waals surface area contributed by atoms with Crippen LogP contribution in [-0.2, 0) is 14.3 Å². The van der Waals surface area contributed by atoms with Gasteiger partial charge in [-0.15, -0.1) is 0 Å². The number of Topliss-reactive ketones (excluding diaryl/α,β-unsaturated/α-hetero) is 1. The molecule has 1 saturated carbocycles. The van der Waals surface area contributed by atoms with Crippen LogP contribution in [-0.4, -0.2) is 30.3 Å². The number of amides is 1. The molecule has 0 unspecified atom stereocenters. The Kier molecular flexibility index (Phi) is 7.37. The molecule has 1 fully saturated rings. The first-order valence-corrected chi connectivity index (χ1v) is 9.43. The average Bonchev–Trinajstić information content (AvgIpc) is 2.64. The van der Waals surface area contributed by atoms with Crippen LogP contribution in [0.4, 0.5) is 0 Å². The molecule has 0 aromatic heterocycles. The standard InChI is InChI=1S/C21H29NO4/c1-14(2)19(22-20(24)17-11-9-15(3)10-12-17)21(25)26-13-18(23)16-7-5-4-6-8-16/h4-8,14-15,17,19H,9-13H2,1-3H3,(H,22,24)/t15?,17?,19-/m1/s1. The zero-order valence-electron chi connectivity index (χ0n) is 15.9. The smallest absolute Gasteiger partial charge is 0.329 e. The number of esters is 1. The highest BCUT2D eigenvalue weighted by Crippen LogP contribution is 2.28. The second kappa shape index (κ2) is 9.51. The number of rotatable bonds is 7. The van der Waals surface area contributed by atoms with E-state index in [1.54, 1.807) is 24.3 Å². The van der Waals surface area contributed by atoms with E-state index in [0.29, 0.717) is 11.5 Å². The van der Waals surface area contributed by atoms with Gasteiger partial charge < -0.3 is 10.1 Å². The van der Waals surface area contributed by atoms with Crippen LogP contribution in [0.25, 0.3) is 0 Å². The molecule has 1 amide bonds. The van der Waals surface area contributed by atoms with Crippen LogP contribution in [0, 0.1) is 17.8 Å². The number of hydrogen-bond acceptors (Lipinski definition) is 4. The Morgan fingerprint density at radius 2 is 1.69 bits per heavy atom. The number of carbonyl (C=O) groups excluding carboxylic acids is 3. The van der Waals surface area contributed by atoms with Gasteiger partial charge in [-0.1, -0.05) is 51.1 Å². The van der Waals surface area contributed by atoms with Crippen molar-refractivity contribution in [3.05, 3.63) is 35.9 Å². The van der Waals surface area contributed by atoms with E-state index in [-0.39, 0.29) is 30.1 Å². The molecule has 2 rings (SSSR count). The molecule has 1 aromatic rings. The highest BCUT2D eigenvalue weighted by atomic mass is 16.5. The van der Waals surface area contributed by atoms with Crippen molar-refractivity contribution in [3.63, 3.8) is 0 Å². The van der Waals surface area contributed by atoms with Crippen LogP contribution < -0.4 is 5.32 Å². The van der Waals surface area contributed by atoms with E-state index in [4.69, 9.17) is 4.74 Å². The zero-order valence-corrected chi connectivity index (χ0v) is 15.9. The minimum Gasteiger partial charge on any atom is -0.456 e. The summed E-state index contributed by atoms with van der Waals surface area (Å²) >= 11 is 0. The van der Waals surface area contributed by atoms with Gasteiger partial charge in [0.25, 0.3) is 0 Å². The molecule has 0 spiro atoms. The number of nitrogens with one attached hydrogen (secondary N) is 1. The largest absolute Gasteiger partial charge is 0.456 e. The minimum atomic E-state index is -0.731. The Hall–Kier alpha value is -2.17. The molecule has 1 atom stereocenters. The Bertz CT molecular complexity index is 618. The lowest BCUT2D eigenvalue weighted by molar-refractivity contribution is -0.148. The summed E-state index contributed by atoms with van der Waals surface area (Å²) in [6.45, 7) is 5.59. The normalized spacial score (nSPS) is 21.1. The van der Waals surface area contributed by atoms with Crippen molar-refractivity contribution in [2.75, 3.05) is 6.61 Å². The van der Waals surface area contributed by atoms with Gasteiger partial charge in [0.2, 0.25) is 5.91 Å². The highest BCUT2D eigenvalue weighted by Gasteiger charge is 2.31. The number of benzene rings is 1. The maximum Gasteiger partial charge on any atom is 0.329 e. The molecular weight excluding hydrogens is 330 g/mol. The van der Waals surface area contributed by atoms with Crippen LogP contribution in [0.5, 0.6) is 0 Å². The van der Waals surface area contributed by atoms with Crippen molar-refractivity contribution in [2.24, 2.45) is 17.8 Å². The molecular formula is C21H29NO4. The molecule has 26 heavy (non-hydrogen) atoms. The lowest BCUT2D eigenvalue weighted by Crippen LogP contribution is -2.48. The highest BCUT2D eigenvalue weighted by molar-refractivity contribution is 5.98. The van der Waals surface area contributed by atoms with Crippen molar-refractivity contribution >= 4 is 17.7 Å². The van der Waals surface area contributed by atoms with Crippen LogP contribution in [0.15, 0.2) is 30.3 Å². The monoisotopic (exact) mass is 359 g/mol. The molecule has 1 aliphatic carbocycles. The summed E-state index contributed by atoms with van der Waals surface area (Å²) in [5.74, 6) is -0.376. The van der Waals surface area contributed by atoms with E-state index < -0.39 is 12.0 Å². The predicted octanol–water partition coefficient (Wildman–Crippen LogP) is 3.38. The summed E-state index contributed by atoms with van der Waals surface area (Å²) in [7, 11) is 0. The average molecular weight is 359 g/mol. The van der Waals surface area contributed by atoms with Gasteiger partial charge in [-0.05, 0) is 37.5 Å². The number of ketones is 1. The van der Waals surface area contributed by atoms with Crippen molar-refractivity contribution in [1.29, 1.82) is 0 Å². The summed E-state index contributed by atoms with van der Waals surface area (Å²) in [4.78, 5) is 37.0. The van der Waals surface area contributed by atoms with Gasteiger partial charge in [0.15, 0.2) is 12.4 Å². The van der Waals surface area contributed by atoms with E-state index in [2.05, 4.69) is 12.2 Å². The maximum absolute atomic E-state index is 12.5. The van der Waals surface area contributed by atoms with E-state index in [1.807, 2.05) is 19.9 Å². The van der Waals surface area contributed by atoms with E-state index in [1.165, 1.54) is 0 Å². The van der Waals surface area contributed by atoms with E-state index >= 15 is 0 Å². The van der Waals surface area contributed by atoms with Gasteiger partial charge in [0, 0.05) is 11.5 Å². The van der Waals surface area contributed by atoms with Gasteiger partial charge in [-0.25, -0.2) is 4.79 Å². The Morgan fingerprint density at radius 1 is 1.08 bits per heavy atom. The Morgan fingerprint density at radius 3 is 2.27 bits per heavy atom. The summed E-state index contributed by atoms with van der Waals surface area (Å²) in [6.07, 6.45) is 3.81. The van der Waals surface area contributed by atoms with Crippen LogP contribution >= 0.6 is 0 Å². The number of ether oxygens (including phenoxy) is 1. The van der Waals surface area contributed by atoms with E-state index in [9.17, 15) is 14.4 Å². The molecule has 5 heteroatoms. The summed E-state index contributed by atoms with van der Waals surface area (Å²) in [5.41, 5.74) is 0.502. The zero-order chi connectivity index (χ0) is 19.1. The number of hydrogen-bond donors (Lipinski definition) is 1. The summed E-state index contributed by atoms with van der Waals surface area (Å²) in [5, 5.41) is 2.84. The fourth-order valence-electron chi connectivity index (χ4n) is 3.22. The van der Waals surface area contributed by atoms with Crippen molar-refractivity contribution in [1.82, 2.24) is 5.32 Å². The van der Waals surface area contributed by atoms with Gasteiger partial charge in [0.1, 0.15) is 6.04 Å². The van der Waals surface area contributed by atoms with Gasteiger partial charge in [-0.2, -0.15) is 0 Å². The van der Waals surface area contributed by atoms with E-state index in [0.717, 1.165) is 25.7 Å². The van der Waals surface area contributed by atoms with Crippen molar-refractivity contribution < 1.29 is 19.1 Å². The molecule has 0 bridgehead atoms. The third kappa shape index (κ3) is 5.68. The van der Waals surface area contributed by atoms with Crippen LogP contribution in [0.3, 0.4) is 0 Å². The quantitative estimate of drug-likeness (QED) is 0.598. The SMILES string of the molecule is CC1CCC(C(=O)N[C@@H](C(=O)OCC(=O)c2ccccc2)C(C)C)CC1. The Balaban J connectivity index is 1.88. The number of carbonyl (C=O) groups is 3. The fraction of sp³-hybridized carbons (Fsp3) is 0.571. The molecule has 0 aliphatic heterocycles. The van der Waals surface area contributed by atoms with Crippen molar-refractivity contribution in [3.8, 4) is 0 Å². The first-order chi connectivity index (χ1) is 12.4. The Labute approximate surface area is 155 Å². The first kappa shape index (κ1) is 20.1. The third-order valence-electron chi connectivity index (χ3n) is 5.05. The van der Waals surface area contributed by atoms with Crippen molar-refractivity contribution in [2.45, 2.75) is 52.5 Å². The van der Waals surface area contributed by atoms with Gasteiger partial charge >= 0.3 is 5.97 Å². The summed E-state index contributed by atoms with van der Waals surface area (Å²) in [6, 6.07) is 7.97. The summed E-state index contributed by atoms with van der Waals surface area (Å²) < 4.78 is 5.18. The molecule has 142 valence electrons. The second-order valence-electron chi connectivity index (χ2n) is 7.58. The van der Waals surface area contributed by atoms with Crippen LogP contribution in [0.1, 0.15) is 56.8 Å². The molecule has 0 heterocycles. The topological polar surface area (TPSA) is 72.5 Å². The van der Waals surface area contributed by atoms with Gasteiger partial charge in [-0.3, -0.25) is 9.59 Å². The second-order valence-corrected chi connectivity index (χ2v) is 7.58. The molecule has 0 saturated heterocycles. The maximum atomic E-state index is 12.5. The molecule has 1 aromatic carbocycles. The molecule has 5 nitrogen and oxygen atoms in total.